The number of esters is 1. The summed E-state index contributed by atoms with van der Waals surface area (Å²) in [6.45, 7) is 7.05. The summed E-state index contributed by atoms with van der Waals surface area (Å²) in [6.07, 6.45) is 6.55. The molecular weight excluding hydrogens is 414 g/mol. The van der Waals surface area contributed by atoms with Crippen LogP contribution in [-0.4, -0.2) is 39.5 Å². The molecule has 3 heterocycles. The van der Waals surface area contributed by atoms with E-state index in [4.69, 9.17) is 4.74 Å². The molecule has 0 radical (unpaired) electrons. The van der Waals surface area contributed by atoms with Gasteiger partial charge in [0.25, 0.3) is 5.91 Å². The van der Waals surface area contributed by atoms with Gasteiger partial charge in [0.1, 0.15) is 5.69 Å². The molecule has 1 fully saturated rings. The van der Waals surface area contributed by atoms with E-state index in [9.17, 15) is 9.59 Å². The Labute approximate surface area is 195 Å². The molecule has 6 nitrogen and oxygen atoms in total. The summed E-state index contributed by atoms with van der Waals surface area (Å²) in [5.74, 6) is -0.425. The maximum Gasteiger partial charge on any atom is 0.355 e. The Morgan fingerprint density at radius 2 is 1.88 bits per heavy atom. The minimum Gasteiger partial charge on any atom is -0.461 e. The summed E-state index contributed by atoms with van der Waals surface area (Å²) in [5.41, 5.74) is 4.64. The number of rotatable bonds is 6. The van der Waals surface area contributed by atoms with E-state index in [0.29, 0.717) is 29.9 Å². The van der Waals surface area contributed by atoms with Crippen molar-refractivity contribution < 1.29 is 14.3 Å². The fourth-order valence-corrected chi connectivity index (χ4v) is 4.87. The number of aromatic nitrogens is 2. The van der Waals surface area contributed by atoms with Crippen molar-refractivity contribution in [3.63, 3.8) is 0 Å². The lowest BCUT2D eigenvalue weighted by Gasteiger charge is -2.36. The van der Waals surface area contributed by atoms with E-state index >= 15 is 0 Å². The summed E-state index contributed by atoms with van der Waals surface area (Å²) < 4.78 is 7.31. The number of carbonyl (C=O) groups excluding carboxylic acids is 2. The Kier molecular flexibility index (Phi) is 6.92. The molecule has 2 aromatic heterocycles. The van der Waals surface area contributed by atoms with E-state index in [0.717, 1.165) is 36.1 Å². The predicted molar refractivity (Wildman–Crippen MR) is 127 cm³/mol. The molecule has 1 aliphatic heterocycles. The third-order valence-electron chi connectivity index (χ3n) is 6.47. The highest BCUT2D eigenvalue weighted by Crippen LogP contribution is 2.34. The molecular formula is C27H31N3O3. The number of amides is 1. The average molecular weight is 446 g/mol. The van der Waals surface area contributed by atoms with Gasteiger partial charge in [0.05, 0.1) is 18.2 Å². The number of likely N-dealkylation sites (tertiary alicyclic amines) is 1. The van der Waals surface area contributed by atoms with Gasteiger partial charge in [0, 0.05) is 31.2 Å². The van der Waals surface area contributed by atoms with E-state index in [2.05, 4.69) is 4.98 Å². The van der Waals surface area contributed by atoms with Crippen LogP contribution in [0.4, 0.5) is 0 Å². The second-order valence-electron chi connectivity index (χ2n) is 8.52. The molecule has 33 heavy (non-hydrogen) atoms. The van der Waals surface area contributed by atoms with Crippen LogP contribution >= 0.6 is 0 Å². The summed E-state index contributed by atoms with van der Waals surface area (Å²) in [7, 11) is 0. The molecule has 1 saturated heterocycles. The topological polar surface area (TPSA) is 64.4 Å². The van der Waals surface area contributed by atoms with Crippen LogP contribution in [0, 0.1) is 13.8 Å². The first-order chi connectivity index (χ1) is 16.0. The lowest BCUT2D eigenvalue weighted by Crippen LogP contribution is -2.39. The van der Waals surface area contributed by atoms with E-state index < -0.39 is 5.97 Å². The second kappa shape index (κ2) is 10.0. The van der Waals surface area contributed by atoms with Crippen LogP contribution < -0.4 is 0 Å². The molecule has 1 unspecified atom stereocenters. The fourth-order valence-electron chi connectivity index (χ4n) is 4.87. The zero-order valence-electron chi connectivity index (χ0n) is 19.6. The highest BCUT2D eigenvalue weighted by molar-refractivity contribution is 6.01. The van der Waals surface area contributed by atoms with E-state index in [1.165, 1.54) is 0 Å². The highest BCUT2D eigenvalue weighted by Gasteiger charge is 2.34. The van der Waals surface area contributed by atoms with Gasteiger partial charge in [-0.3, -0.25) is 9.78 Å². The van der Waals surface area contributed by atoms with E-state index in [1.54, 1.807) is 13.1 Å². The van der Waals surface area contributed by atoms with Crippen molar-refractivity contribution >= 4 is 11.9 Å². The molecule has 172 valence electrons. The molecule has 1 aliphatic rings. The first-order valence-electron chi connectivity index (χ1n) is 11.6. The Morgan fingerprint density at radius 1 is 1.09 bits per heavy atom. The van der Waals surface area contributed by atoms with Gasteiger partial charge >= 0.3 is 5.97 Å². The number of hydrogen-bond donors (Lipinski definition) is 0. The van der Waals surface area contributed by atoms with Gasteiger partial charge in [-0.15, -0.1) is 0 Å². The van der Waals surface area contributed by atoms with Gasteiger partial charge < -0.3 is 14.2 Å². The van der Waals surface area contributed by atoms with Crippen LogP contribution in [0.3, 0.4) is 0 Å². The Bertz CT molecular complexity index is 1120. The number of carbonyl (C=O) groups is 2. The zero-order chi connectivity index (χ0) is 23.4. The van der Waals surface area contributed by atoms with Gasteiger partial charge in [-0.25, -0.2) is 4.79 Å². The maximum atomic E-state index is 14.0. The third-order valence-corrected chi connectivity index (χ3v) is 6.47. The second-order valence-corrected chi connectivity index (χ2v) is 8.52. The van der Waals surface area contributed by atoms with Crippen LogP contribution in [-0.2, 0) is 11.3 Å². The van der Waals surface area contributed by atoms with Crippen molar-refractivity contribution in [2.75, 3.05) is 13.2 Å². The lowest BCUT2D eigenvalue weighted by molar-refractivity contribution is 0.0513. The van der Waals surface area contributed by atoms with Gasteiger partial charge in [-0.05, 0) is 62.8 Å². The molecule has 0 saturated carbocycles. The van der Waals surface area contributed by atoms with Crippen LogP contribution in [0.2, 0.25) is 0 Å². The van der Waals surface area contributed by atoms with E-state index in [1.807, 2.05) is 72.0 Å². The first-order valence-corrected chi connectivity index (χ1v) is 11.6. The van der Waals surface area contributed by atoms with Crippen molar-refractivity contribution in [2.45, 2.75) is 52.6 Å². The average Bonchev–Trinajstić information content (AvgIpc) is 3.09. The van der Waals surface area contributed by atoms with Crippen molar-refractivity contribution in [3.05, 3.63) is 88.5 Å². The first kappa shape index (κ1) is 22.8. The Hall–Kier alpha value is -3.41. The molecule has 3 aromatic rings. The van der Waals surface area contributed by atoms with Crippen molar-refractivity contribution in [2.24, 2.45) is 0 Å². The van der Waals surface area contributed by atoms with Gasteiger partial charge in [-0.2, -0.15) is 0 Å². The zero-order valence-corrected chi connectivity index (χ0v) is 19.6. The summed E-state index contributed by atoms with van der Waals surface area (Å²) >= 11 is 0. The SMILES string of the molecule is CCOC(=O)c1c(C)c(C(=O)N2CCCCC2c2cccnc2)c(C)n1Cc1ccccc1. The molecule has 1 amide bonds. The third kappa shape index (κ3) is 4.56. The Balaban J connectivity index is 1.77. The standard InChI is InChI=1S/C27H31N3O3/c1-4-33-27(32)25-19(2)24(20(3)30(25)18-21-11-6-5-7-12-21)26(31)29-16-9-8-14-23(29)22-13-10-15-28-17-22/h5-7,10-13,15,17,23H,4,8-9,14,16,18H2,1-3H3. The maximum absolute atomic E-state index is 14.0. The van der Waals surface area contributed by atoms with Crippen molar-refractivity contribution in [1.29, 1.82) is 0 Å². The molecule has 0 bridgehead atoms. The number of piperidine rings is 1. The van der Waals surface area contributed by atoms with Gasteiger partial charge in [-0.1, -0.05) is 36.4 Å². The van der Waals surface area contributed by atoms with Crippen LogP contribution in [0.15, 0.2) is 54.9 Å². The molecule has 1 aromatic carbocycles. The van der Waals surface area contributed by atoms with Gasteiger partial charge in [0.2, 0.25) is 0 Å². The van der Waals surface area contributed by atoms with Crippen LogP contribution in [0.25, 0.3) is 0 Å². The quantitative estimate of drug-likeness (QED) is 0.496. The smallest absolute Gasteiger partial charge is 0.355 e. The predicted octanol–water partition coefficient (Wildman–Crippen LogP) is 5.09. The molecule has 6 heteroatoms. The monoisotopic (exact) mass is 445 g/mol. The molecule has 0 N–H and O–H groups in total. The molecule has 0 aliphatic carbocycles. The van der Waals surface area contributed by atoms with Crippen LogP contribution in [0.1, 0.15) is 75.5 Å². The number of benzene rings is 1. The molecule has 4 rings (SSSR count). The minimum absolute atomic E-state index is 0.0118. The van der Waals surface area contributed by atoms with Gasteiger partial charge in [0.15, 0.2) is 0 Å². The fraction of sp³-hybridized carbons (Fsp3) is 0.370. The highest BCUT2D eigenvalue weighted by atomic mass is 16.5. The minimum atomic E-state index is -0.393. The largest absolute Gasteiger partial charge is 0.461 e. The summed E-state index contributed by atoms with van der Waals surface area (Å²) in [5, 5.41) is 0. The summed E-state index contributed by atoms with van der Waals surface area (Å²) in [4.78, 5) is 33.1. The number of nitrogens with zero attached hydrogens (tertiary/aromatic N) is 3. The van der Waals surface area contributed by atoms with Crippen LogP contribution in [0.5, 0.6) is 0 Å². The van der Waals surface area contributed by atoms with Crippen molar-refractivity contribution in [1.82, 2.24) is 14.5 Å². The normalized spacial score (nSPS) is 16.0. The number of hydrogen-bond acceptors (Lipinski definition) is 4. The molecule has 0 spiro atoms. The van der Waals surface area contributed by atoms with E-state index in [-0.39, 0.29) is 18.6 Å². The Morgan fingerprint density at radius 3 is 2.58 bits per heavy atom. The number of ether oxygens (including phenoxy) is 1. The number of pyridine rings is 1. The van der Waals surface area contributed by atoms with Crippen molar-refractivity contribution in [3.8, 4) is 0 Å². The summed E-state index contributed by atoms with van der Waals surface area (Å²) in [6, 6.07) is 13.9. The lowest BCUT2D eigenvalue weighted by atomic mass is 9.95. The molecule has 1 atom stereocenters.